The molecule has 1 heterocycles. The van der Waals surface area contributed by atoms with Gasteiger partial charge >= 0.3 is 42.0 Å². The van der Waals surface area contributed by atoms with Crippen LogP contribution in [0.4, 0.5) is 13.2 Å². The van der Waals surface area contributed by atoms with Crippen LogP contribution in [0.15, 0.2) is 20.0 Å². The lowest BCUT2D eigenvalue weighted by Gasteiger charge is -2.26. The average molecular weight is 1770 g/mol. The third-order valence-electron chi connectivity index (χ3n) is 13.1. The Balaban J connectivity index is -0.000000218. The van der Waals surface area contributed by atoms with Crippen LogP contribution in [-0.4, -0.2) is 264 Å². The first-order chi connectivity index (χ1) is 51.8. The first-order valence-corrected chi connectivity index (χ1v) is 34.7. The van der Waals surface area contributed by atoms with E-state index in [-0.39, 0.29) is 171 Å². The highest BCUT2D eigenvalue weighted by Crippen LogP contribution is 2.19. The number of esters is 4. The zero-order valence-electron chi connectivity index (χ0n) is 70.4. The van der Waals surface area contributed by atoms with Crippen molar-refractivity contribution in [1.82, 2.24) is 61.9 Å². The van der Waals surface area contributed by atoms with Gasteiger partial charge in [-0.05, 0) is 65.2 Å². The highest BCUT2D eigenvalue weighted by atomic mass is 32.1. The molecule has 45 nitrogen and oxygen atoms in total. The van der Waals surface area contributed by atoms with Crippen LogP contribution in [0.25, 0.3) is 0 Å². The van der Waals surface area contributed by atoms with Crippen molar-refractivity contribution in [3.8, 4) is 0 Å². The molecule has 1 rings (SSSR count). The van der Waals surface area contributed by atoms with Gasteiger partial charge in [-0.1, -0.05) is 55.4 Å². The Bertz CT molecular complexity index is 3530. The van der Waals surface area contributed by atoms with Gasteiger partial charge in [-0.25, -0.2) is 28.8 Å². The number of carbonyl (C=O) groups is 15. The molecule has 678 valence electrons. The number of amides is 9. The predicted octanol–water partition coefficient (Wildman–Crippen LogP) is -1.37. The first-order valence-electron chi connectivity index (χ1n) is 34.7. The number of nitrogens with one attached hydrogen (secondary N) is 11. The van der Waals surface area contributed by atoms with E-state index in [9.17, 15) is 85.1 Å². The van der Waals surface area contributed by atoms with Gasteiger partial charge in [0.2, 0.25) is 83.1 Å². The molecule has 0 radical (unpaired) electrons. The van der Waals surface area contributed by atoms with E-state index in [1.54, 1.807) is 125 Å². The molecule has 1 aliphatic heterocycles. The molecule has 1 saturated heterocycles. The molecule has 1 aliphatic rings. The third kappa shape index (κ3) is 59.8. The largest absolute Gasteiger partial charge is 0.491 e. The van der Waals surface area contributed by atoms with E-state index in [0.717, 1.165) is 0 Å². The number of alkyl halides is 3. The fraction of sp³-hybridized carbons (Fsp3) is 0.652. The van der Waals surface area contributed by atoms with Crippen molar-refractivity contribution in [3.63, 3.8) is 0 Å². The number of nitrogens with zero attached hydrogens (tertiary/aromatic N) is 9. The topological polar surface area (TPSA) is 689 Å². The van der Waals surface area contributed by atoms with Crippen LogP contribution >= 0.6 is 54.0 Å². The summed E-state index contributed by atoms with van der Waals surface area (Å²) in [5.41, 5.74) is 25.0. The van der Waals surface area contributed by atoms with Crippen LogP contribution in [0.3, 0.4) is 0 Å². The Kier molecular flexibility index (Phi) is 62.3. The lowest BCUT2D eigenvalue weighted by atomic mass is 10.0. The monoisotopic (exact) mass is 1770 g/mol. The van der Waals surface area contributed by atoms with Gasteiger partial charge in [-0.3, -0.25) is 80.7 Å². The summed E-state index contributed by atoms with van der Waals surface area (Å²) in [5.74, 6) is -15.4. The molecule has 0 unspecified atom stereocenters. The number of aliphatic imine (C=N–C) groups is 4. The van der Waals surface area contributed by atoms with E-state index in [1.165, 1.54) is 47.5 Å². The summed E-state index contributed by atoms with van der Waals surface area (Å²) in [5, 5.41) is 55.1. The number of carbonyl (C=O) groups excluding carboxylic acids is 14. The number of carboxylic acid groups (broad SMARTS) is 1. The van der Waals surface area contributed by atoms with Crippen LogP contribution in [0.5, 0.6) is 0 Å². The summed E-state index contributed by atoms with van der Waals surface area (Å²) >= 11 is 0. The van der Waals surface area contributed by atoms with Crippen LogP contribution in [0.1, 0.15) is 161 Å². The fourth-order valence-corrected chi connectivity index (χ4v) is 7.20. The van der Waals surface area contributed by atoms with E-state index in [4.69, 9.17) is 64.9 Å². The zero-order chi connectivity index (χ0) is 90.0. The molecular weight excluding hydrogens is 1650 g/mol. The molecule has 0 aromatic carbocycles. The molecule has 9 amide bonds. The molecule has 0 bridgehead atoms. The minimum absolute atomic E-state index is 0. The zero-order valence-corrected chi connectivity index (χ0v) is 74.4. The van der Waals surface area contributed by atoms with Crippen molar-refractivity contribution in [2.75, 3.05) is 56.4 Å². The summed E-state index contributed by atoms with van der Waals surface area (Å²) in [6, 6.07) is -4.17. The van der Waals surface area contributed by atoms with Gasteiger partial charge in [0, 0.05) is 114 Å². The second kappa shape index (κ2) is 59.8. The summed E-state index contributed by atoms with van der Waals surface area (Å²) in [6.45, 7) is 23.7. The number of nitrogens with two attached hydrogens (primary N) is 5. The molecular formula is C66H124F3N25O20S4. The van der Waals surface area contributed by atoms with Gasteiger partial charge in [0.05, 0.1) is 6.42 Å². The van der Waals surface area contributed by atoms with E-state index in [2.05, 4.69) is 66.8 Å². The van der Waals surface area contributed by atoms with Crippen LogP contribution in [-0.2, 0) is 91.0 Å². The molecule has 0 aromatic heterocycles. The fourth-order valence-electron chi connectivity index (χ4n) is 7.20. The van der Waals surface area contributed by atoms with Crippen molar-refractivity contribution < 1.29 is 109 Å². The number of imide groups is 1. The van der Waals surface area contributed by atoms with E-state index < -0.39 is 149 Å². The predicted molar refractivity (Wildman–Crippen MR) is 450 cm³/mol. The van der Waals surface area contributed by atoms with Gasteiger partial charge < -0.3 is 93.7 Å². The van der Waals surface area contributed by atoms with Crippen molar-refractivity contribution >= 4 is 191 Å². The maximum absolute atomic E-state index is 12.2. The SMILES string of the molecule is CC(C)[C@H](NC(=O)CCC(=O)NC(N)=NC(=N)N(C)C)C(=O)O.CC(C)[C@H](NC(=O)CCC(=O)NC(N)=NC(=N)N(C)C)C(=O)OC(=O)C(F)(F)F.CC(C)[C@H](NC(=O)CCC(=O)NC(N)=NC(=N)N(C)C)C(=O)OC(C)(C)C.CC(C)[C@H](NC(=O)CCC(=O)ON1C(=O)CCC1=O)C(=O)OC(C)(C)C.CN(C)C(=N)N=C(N)N.S.S.S.S. The summed E-state index contributed by atoms with van der Waals surface area (Å²) in [7, 11) is 12.9. The second-order valence-electron chi connectivity index (χ2n) is 28.4. The number of hydrogen-bond acceptors (Lipinski definition) is 23. The molecule has 0 spiro atoms. The molecule has 0 aliphatic carbocycles. The average Bonchev–Trinajstić information content (AvgIpc) is 1.64. The van der Waals surface area contributed by atoms with Crippen molar-refractivity contribution in [2.24, 2.45) is 72.3 Å². The molecule has 118 heavy (non-hydrogen) atoms. The minimum atomic E-state index is -5.36. The highest BCUT2D eigenvalue weighted by molar-refractivity contribution is 7.59. The Hall–Kier alpha value is -10.8. The summed E-state index contributed by atoms with van der Waals surface area (Å²) in [6.07, 6.45) is -7.40. The van der Waals surface area contributed by atoms with E-state index >= 15 is 0 Å². The molecule has 22 N–H and O–H groups in total. The Morgan fingerprint density at radius 1 is 0.424 bits per heavy atom. The molecule has 0 aromatic rings. The lowest BCUT2D eigenvalue weighted by molar-refractivity contribution is -0.202. The van der Waals surface area contributed by atoms with Crippen molar-refractivity contribution in [1.29, 1.82) is 21.6 Å². The van der Waals surface area contributed by atoms with Crippen LogP contribution in [0.2, 0.25) is 0 Å². The maximum atomic E-state index is 12.2. The number of guanidine groups is 8. The van der Waals surface area contributed by atoms with Gasteiger partial charge in [0.25, 0.3) is 11.8 Å². The normalized spacial score (nSPS) is 12.7. The molecule has 52 heteroatoms. The number of halogens is 3. The lowest BCUT2D eigenvalue weighted by Crippen LogP contribution is -2.47. The number of carboxylic acids is 1. The van der Waals surface area contributed by atoms with Gasteiger partial charge in [-0.15, -0.1) is 5.06 Å². The summed E-state index contributed by atoms with van der Waals surface area (Å²) in [4.78, 5) is 200. The number of hydrogen-bond donors (Lipinski definition) is 17. The van der Waals surface area contributed by atoms with Gasteiger partial charge in [0.1, 0.15) is 35.4 Å². The van der Waals surface area contributed by atoms with E-state index in [0.29, 0.717) is 5.06 Å². The molecule has 0 saturated carbocycles. The highest BCUT2D eigenvalue weighted by Gasteiger charge is 2.44. The smallest absolute Gasteiger partial charge is 0.480 e. The second-order valence-corrected chi connectivity index (χ2v) is 28.4. The van der Waals surface area contributed by atoms with Gasteiger partial charge in [0.15, 0.2) is 5.96 Å². The minimum Gasteiger partial charge on any atom is -0.480 e. The number of rotatable bonds is 25. The maximum Gasteiger partial charge on any atom is 0.491 e. The van der Waals surface area contributed by atoms with Crippen LogP contribution < -0.4 is 65.9 Å². The van der Waals surface area contributed by atoms with E-state index in [1.807, 2.05) is 0 Å². The Morgan fingerprint density at radius 3 is 0.881 bits per heavy atom. The molecule has 1 fully saturated rings. The number of aliphatic carboxylic acids is 1. The Morgan fingerprint density at radius 2 is 0.661 bits per heavy atom. The van der Waals surface area contributed by atoms with Crippen molar-refractivity contribution in [2.45, 2.75) is 203 Å². The number of hydroxylamine groups is 2. The molecule has 4 atom stereocenters. The number of ether oxygens (including phenoxy) is 3. The van der Waals surface area contributed by atoms with Gasteiger partial charge in [-0.2, -0.15) is 87.1 Å². The summed E-state index contributed by atoms with van der Waals surface area (Å²) < 4.78 is 50.8. The third-order valence-corrected chi connectivity index (χ3v) is 13.1. The van der Waals surface area contributed by atoms with Crippen molar-refractivity contribution in [3.05, 3.63) is 0 Å². The van der Waals surface area contributed by atoms with Crippen LogP contribution in [0, 0.1) is 45.3 Å². The Labute approximate surface area is 711 Å². The standard InChI is InChI=1S/C17H32N6O4.C17H26N2O7.C15H23F3N6O5.C13H24N6O4.C4H11N5.4H2S/c1-10(2)13(14(26)27-17(3,4)5)20-11(24)8-9-12(25)21-15(18)22-16(19)23(6)7;1-10(2)15(16(24)25-17(3,4)5)18-11(20)6-9-14(23)26-19-12(21)7-8-13(19)22;1-7(2)10(11(27)29-12(28)15(16,17)18)21-8(25)5-6-9(26)22-13(19)23-14(20)24(3)4;1-7(2)10(11(22)23)16-8(20)5-6-9(21)17-12(14)18-13(15)19(3)4;1-9(2)4(7)8-3(5)6;;;;/h10,13H,8-9H2,1-7H3,(H,20,24)(H4,18,19,21,22,25);10,15H,6-9H2,1-5H3,(H,18,20);7,10H,5-6H2,1-4H3,(H,21,25)(H4,19,20,22,23,26);7,10H,5-6H2,1-4H3,(H,16,20)(H,22,23)(H4,14,15,17,18,21);1-2H3,(H5,5,6,7,8);4*1H2/t13-;15-;2*10-;;;;;/m0000...../s1. The quantitative estimate of drug-likeness (QED) is 0.0125. The first kappa shape index (κ1) is 123.